The lowest BCUT2D eigenvalue weighted by Gasteiger charge is -2.08. The van der Waals surface area contributed by atoms with Gasteiger partial charge in [0.05, 0.1) is 6.54 Å². The van der Waals surface area contributed by atoms with Gasteiger partial charge in [0, 0.05) is 4.43 Å². The molecule has 1 aliphatic rings. The van der Waals surface area contributed by atoms with Crippen LogP contribution >= 0.6 is 22.6 Å². The summed E-state index contributed by atoms with van der Waals surface area (Å²) >= 11 is 2.29. The van der Waals surface area contributed by atoms with E-state index in [2.05, 4.69) is 27.6 Å². The van der Waals surface area contributed by atoms with Gasteiger partial charge in [0.1, 0.15) is 12.7 Å². The summed E-state index contributed by atoms with van der Waals surface area (Å²) in [5.74, 6) is 0. The molecule has 1 unspecified atom stereocenters. The van der Waals surface area contributed by atoms with Crippen molar-refractivity contribution in [3.8, 4) is 0 Å². The SMILES string of the molecule is ICC1CN=C(OCc2ccccc2)O1. The van der Waals surface area contributed by atoms with Crippen molar-refractivity contribution in [2.75, 3.05) is 11.0 Å². The minimum Gasteiger partial charge on any atom is -0.446 e. The van der Waals surface area contributed by atoms with Crippen LogP contribution in [-0.4, -0.2) is 23.2 Å². The molecule has 3 nitrogen and oxygen atoms in total. The fourth-order valence-corrected chi connectivity index (χ4v) is 1.73. The van der Waals surface area contributed by atoms with Crippen LogP contribution in [0.4, 0.5) is 0 Å². The van der Waals surface area contributed by atoms with Gasteiger partial charge in [-0.2, -0.15) is 0 Å². The maximum Gasteiger partial charge on any atom is 0.384 e. The largest absolute Gasteiger partial charge is 0.446 e. The Kier molecular flexibility index (Phi) is 3.82. The maximum atomic E-state index is 5.45. The number of alkyl halides is 1. The third-order valence-corrected chi connectivity index (χ3v) is 3.05. The van der Waals surface area contributed by atoms with E-state index in [0.717, 1.165) is 9.99 Å². The summed E-state index contributed by atoms with van der Waals surface area (Å²) in [5.41, 5.74) is 1.13. The Bertz CT molecular complexity index is 340. The average Bonchev–Trinajstić information content (AvgIpc) is 2.76. The Morgan fingerprint density at radius 2 is 2.20 bits per heavy atom. The van der Waals surface area contributed by atoms with E-state index in [1.165, 1.54) is 0 Å². The zero-order valence-corrected chi connectivity index (χ0v) is 10.4. The second-order valence-corrected chi connectivity index (χ2v) is 4.16. The van der Waals surface area contributed by atoms with Crippen LogP contribution in [0.2, 0.25) is 0 Å². The smallest absolute Gasteiger partial charge is 0.384 e. The highest BCUT2D eigenvalue weighted by Gasteiger charge is 2.19. The molecule has 0 amide bonds. The number of hydrogen-bond acceptors (Lipinski definition) is 3. The first kappa shape index (κ1) is 10.7. The van der Waals surface area contributed by atoms with Gasteiger partial charge in [-0.15, -0.1) is 0 Å². The van der Waals surface area contributed by atoms with Crippen LogP contribution in [0, 0.1) is 0 Å². The summed E-state index contributed by atoms with van der Waals surface area (Å²) in [6, 6.07) is 10.0. The van der Waals surface area contributed by atoms with Gasteiger partial charge in [0.25, 0.3) is 0 Å². The molecule has 0 aromatic heterocycles. The highest BCUT2D eigenvalue weighted by molar-refractivity contribution is 14.1. The molecule has 0 aliphatic carbocycles. The minimum absolute atomic E-state index is 0.191. The van der Waals surface area contributed by atoms with Crippen molar-refractivity contribution in [1.82, 2.24) is 0 Å². The molecule has 15 heavy (non-hydrogen) atoms. The molecular formula is C11H12INO2. The molecule has 1 aromatic carbocycles. The van der Waals surface area contributed by atoms with Crippen molar-refractivity contribution < 1.29 is 9.47 Å². The predicted molar refractivity (Wildman–Crippen MR) is 67.3 cm³/mol. The quantitative estimate of drug-likeness (QED) is 0.633. The Morgan fingerprint density at radius 1 is 1.40 bits per heavy atom. The topological polar surface area (TPSA) is 30.8 Å². The lowest BCUT2D eigenvalue weighted by molar-refractivity contribution is 0.145. The molecule has 0 N–H and O–H groups in total. The fraction of sp³-hybridized carbons (Fsp3) is 0.364. The third-order valence-electron chi connectivity index (χ3n) is 2.07. The maximum absolute atomic E-state index is 5.45. The van der Waals surface area contributed by atoms with Gasteiger partial charge in [0.15, 0.2) is 0 Å². The first-order valence-corrected chi connectivity index (χ1v) is 6.35. The van der Waals surface area contributed by atoms with Crippen LogP contribution in [-0.2, 0) is 16.1 Å². The van der Waals surface area contributed by atoms with Gasteiger partial charge in [0.2, 0.25) is 0 Å². The molecule has 0 radical (unpaired) electrons. The lowest BCUT2D eigenvalue weighted by atomic mass is 10.2. The molecule has 0 fully saturated rings. The highest BCUT2D eigenvalue weighted by atomic mass is 127. The summed E-state index contributed by atoms with van der Waals surface area (Å²) in [6.45, 7) is 1.24. The van der Waals surface area contributed by atoms with E-state index in [1.54, 1.807) is 0 Å². The molecule has 1 heterocycles. The average molecular weight is 317 g/mol. The van der Waals surface area contributed by atoms with E-state index in [0.29, 0.717) is 19.2 Å². The van der Waals surface area contributed by atoms with Crippen molar-refractivity contribution >= 4 is 28.7 Å². The van der Waals surface area contributed by atoms with Gasteiger partial charge >= 0.3 is 6.08 Å². The molecule has 0 spiro atoms. The molecule has 1 aliphatic heterocycles. The van der Waals surface area contributed by atoms with E-state index in [4.69, 9.17) is 9.47 Å². The minimum atomic E-state index is 0.191. The molecule has 0 bridgehead atoms. The fourth-order valence-electron chi connectivity index (χ4n) is 1.27. The summed E-state index contributed by atoms with van der Waals surface area (Å²) in [4.78, 5) is 4.17. The standard InChI is InChI=1S/C11H12INO2/c12-6-10-7-13-11(15-10)14-8-9-4-2-1-3-5-9/h1-5,10H,6-8H2. The summed E-state index contributed by atoms with van der Waals surface area (Å²) in [5, 5.41) is 0. The van der Waals surface area contributed by atoms with E-state index >= 15 is 0 Å². The number of hydrogen-bond donors (Lipinski definition) is 0. The molecule has 1 aromatic rings. The van der Waals surface area contributed by atoms with E-state index in [9.17, 15) is 0 Å². The summed E-state index contributed by atoms with van der Waals surface area (Å²) in [6.07, 6.45) is 0.622. The number of halogens is 1. The molecule has 4 heteroatoms. The molecular weight excluding hydrogens is 305 g/mol. The monoisotopic (exact) mass is 317 g/mol. The van der Waals surface area contributed by atoms with Crippen LogP contribution in [0.15, 0.2) is 35.3 Å². The van der Waals surface area contributed by atoms with Crippen LogP contribution in [0.1, 0.15) is 5.56 Å². The van der Waals surface area contributed by atoms with Crippen molar-refractivity contribution in [3.63, 3.8) is 0 Å². The van der Waals surface area contributed by atoms with E-state index in [1.807, 2.05) is 30.3 Å². The zero-order chi connectivity index (χ0) is 10.5. The third kappa shape index (κ3) is 3.09. The Labute approximate surface area is 103 Å². The Morgan fingerprint density at radius 3 is 2.87 bits per heavy atom. The van der Waals surface area contributed by atoms with Crippen LogP contribution in [0.25, 0.3) is 0 Å². The molecule has 80 valence electrons. The number of nitrogens with zero attached hydrogens (tertiary/aromatic N) is 1. The lowest BCUT2D eigenvalue weighted by Crippen LogP contribution is -2.15. The van der Waals surface area contributed by atoms with Gasteiger partial charge in [-0.1, -0.05) is 52.9 Å². The predicted octanol–water partition coefficient (Wildman–Crippen LogP) is 2.39. The van der Waals surface area contributed by atoms with Gasteiger partial charge < -0.3 is 9.47 Å². The van der Waals surface area contributed by atoms with Crippen LogP contribution < -0.4 is 0 Å². The highest BCUT2D eigenvalue weighted by Crippen LogP contribution is 2.10. The van der Waals surface area contributed by atoms with Gasteiger partial charge in [-0.05, 0) is 5.56 Å². The van der Waals surface area contributed by atoms with E-state index in [-0.39, 0.29) is 6.10 Å². The van der Waals surface area contributed by atoms with Crippen molar-refractivity contribution in [2.45, 2.75) is 12.7 Å². The number of aliphatic imine (C=N–C) groups is 1. The summed E-state index contributed by atoms with van der Waals surface area (Å²) in [7, 11) is 0. The number of ether oxygens (including phenoxy) is 2. The van der Waals surface area contributed by atoms with Crippen molar-refractivity contribution in [1.29, 1.82) is 0 Å². The second-order valence-electron chi connectivity index (χ2n) is 3.28. The van der Waals surface area contributed by atoms with E-state index < -0.39 is 0 Å². The van der Waals surface area contributed by atoms with Gasteiger partial charge in [-0.25, -0.2) is 4.99 Å². The molecule has 1 atom stereocenters. The second kappa shape index (κ2) is 5.34. The normalized spacial score (nSPS) is 19.5. The van der Waals surface area contributed by atoms with Crippen molar-refractivity contribution in [3.05, 3.63) is 35.9 Å². The molecule has 0 saturated carbocycles. The number of rotatable bonds is 3. The zero-order valence-electron chi connectivity index (χ0n) is 8.23. The molecule has 0 saturated heterocycles. The van der Waals surface area contributed by atoms with Gasteiger partial charge in [-0.3, -0.25) is 0 Å². The molecule has 2 rings (SSSR count). The van der Waals surface area contributed by atoms with Crippen LogP contribution in [0.3, 0.4) is 0 Å². The first-order chi connectivity index (χ1) is 7.38. The van der Waals surface area contributed by atoms with Crippen molar-refractivity contribution in [2.24, 2.45) is 4.99 Å². The number of benzene rings is 1. The Balaban J connectivity index is 1.80. The Hall–Kier alpha value is -0.780. The first-order valence-electron chi connectivity index (χ1n) is 4.82. The summed E-state index contributed by atoms with van der Waals surface area (Å²) < 4.78 is 11.8. The van der Waals surface area contributed by atoms with Crippen LogP contribution in [0.5, 0.6) is 0 Å².